The third-order valence-corrected chi connectivity index (χ3v) is 6.20. The Kier molecular flexibility index (Phi) is 6.64. The number of amides is 2. The van der Waals surface area contributed by atoms with Crippen molar-refractivity contribution < 1.29 is 23.5 Å². The Labute approximate surface area is 172 Å². The summed E-state index contributed by atoms with van der Waals surface area (Å²) in [6.07, 6.45) is 5.20. The van der Waals surface area contributed by atoms with Crippen LogP contribution in [0.5, 0.6) is 0 Å². The Bertz CT molecular complexity index is 935. The van der Waals surface area contributed by atoms with Crippen LogP contribution >= 0.6 is 11.3 Å². The van der Waals surface area contributed by atoms with Gasteiger partial charge in [0.05, 0.1) is 17.6 Å². The quantitative estimate of drug-likeness (QED) is 0.709. The fourth-order valence-electron chi connectivity index (χ4n) is 3.47. The van der Waals surface area contributed by atoms with Gasteiger partial charge in [-0.1, -0.05) is 25.3 Å². The van der Waals surface area contributed by atoms with Gasteiger partial charge in [0.2, 0.25) is 0 Å². The molecule has 8 heteroatoms. The van der Waals surface area contributed by atoms with E-state index in [4.69, 9.17) is 4.74 Å². The van der Waals surface area contributed by atoms with E-state index in [1.54, 1.807) is 6.92 Å². The number of nitrogens with one attached hydrogen (secondary N) is 2. The predicted molar refractivity (Wildman–Crippen MR) is 109 cm³/mol. The molecule has 1 aromatic carbocycles. The molecule has 1 saturated carbocycles. The first-order valence-corrected chi connectivity index (χ1v) is 10.3. The highest BCUT2D eigenvalue weighted by Crippen LogP contribution is 2.34. The zero-order chi connectivity index (χ0) is 21.0. The van der Waals surface area contributed by atoms with E-state index in [9.17, 15) is 18.8 Å². The second kappa shape index (κ2) is 9.17. The first kappa shape index (κ1) is 21.0. The summed E-state index contributed by atoms with van der Waals surface area (Å²) in [5.74, 6) is -2.03. The Morgan fingerprint density at radius 2 is 1.86 bits per heavy atom. The first-order chi connectivity index (χ1) is 13.9. The SMILES string of the molecule is COC(=O)c1c(NC(=O)c2cccc(F)c2)sc(C(=O)NC2CCCCC2)c1C. The van der Waals surface area contributed by atoms with E-state index >= 15 is 0 Å². The van der Waals surface area contributed by atoms with Gasteiger partial charge in [-0.25, -0.2) is 9.18 Å². The van der Waals surface area contributed by atoms with Crippen molar-refractivity contribution in [2.24, 2.45) is 0 Å². The van der Waals surface area contributed by atoms with Crippen LogP contribution in [0.1, 0.15) is 68.1 Å². The largest absolute Gasteiger partial charge is 0.465 e. The molecule has 2 aromatic rings. The van der Waals surface area contributed by atoms with Crippen molar-refractivity contribution in [1.82, 2.24) is 5.32 Å². The Balaban J connectivity index is 1.87. The molecule has 29 heavy (non-hydrogen) atoms. The molecule has 1 aromatic heterocycles. The molecule has 1 heterocycles. The third-order valence-electron chi connectivity index (χ3n) is 5.00. The molecule has 0 saturated heterocycles. The summed E-state index contributed by atoms with van der Waals surface area (Å²) in [5.41, 5.74) is 0.695. The average Bonchev–Trinajstić information content (AvgIpc) is 3.04. The number of anilines is 1. The zero-order valence-electron chi connectivity index (χ0n) is 16.3. The molecule has 6 nitrogen and oxygen atoms in total. The fraction of sp³-hybridized carbons (Fsp3) is 0.381. The van der Waals surface area contributed by atoms with Crippen LogP contribution in [0, 0.1) is 12.7 Å². The summed E-state index contributed by atoms with van der Waals surface area (Å²) in [4.78, 5) is 38.0. The molecule has 2 N–H and O–H groups in total. The number of halogens is 1. The summed E-state index contributed by atoms with van der Waals surface area (Å²) in [6.45, 7) is 1.65. The second-order valence-corrected chi connectivity index (χ2v) is 8.05. The molecular formula is C21H23FN2O4S. The molecule has 0 spiro atoms. The lowest BCUT2D eigenvalue weighted by Crippen LogP contribution is -2.36. The fourth-order valence-corrected chi connectivity index (χ4v) is 4.56. The van der Waals surface area contributed by atoms with E-state index < -0.39 is 17.7 Å². The number of benzene rings is 1. The number of esters is 1. The molecule has 0 unspecified atom stereocenters. The minimum atomic E-state index is -0.648. The maximum absolute atomic E-state index is 13.4. The molecule has 2 amide bonds. The van der Waals surface area contributed by atoms with Crippen LogP contribution in [-0.2, 0) is 4.74 Å². The minimum absolute atomic E-state index is 0.111. The second-order valence-electron chi connectivity index (χ2n) is 7.02. The van der Waals surface area contributed by atoms with Crippen molar-refractivity contribution >= 4 is 34.1 Å². The van der Waals surface area contributed by atoms with Crippen LogP contribution in [0.2, 0.25) is 0 Å². The number of rotatable bonds is 5. The maximum atomic E-state index is 13.4. The van der Waals surface area contributed by atoms with Gasteiger partial charge in [0, 0.05) is 11.6 Å². The highest BCUT2D eigenvalue weighted by Gasteiger charge is 2.28. The van der Waals surface area contributed by atoms with Crippen molar-refractivity contribution in [1.29, 1.82) is 0 Å². The van der Waals surface area contributed by atoms with Crippen molar-refractivity contribution in [3.63, 3.8) is 0 Å². The van der Waals surface area contributed by atoms with E-state index in [-0.39, 0.29) is 28.1 Å². The van der Waals surface area contributed by atoms with Crippen LogP contribution in [0.4, 0.5) is 9.39 Å². The lowest BCUT2D eigenvalue weighted by molar-refractivity contribution is 0.0601. The smallest absolute Gasteiger partial charge is 0.341 e. The van der Waals surface area contributed by atoms with Gasteiger partial charge < -0.3 is 15.4 Å². The van der Waals surface area contributed by atoms with Crippen molar-refractivity contribution in [3.05, 3.63) is 51.7 Å². The van der Waals surface area contributed by atoms with Gasteiger partial charge in [-0.15, -0.1) is 11.3 Å². The van der Waals surface area contributed by atoms with Crippen LogP contribution < -0.4 is 10.6 Å². The summed E-state index contributed by atoms with van der Waals surface area (Å²) >= 11 is 1.02. The van der Waals surface area contributed by atoms with E-state index in [1.165, 1.54) is 31.7 Å². The monoisotopic (exact) mass is 418 g/mol. The van der Waals surface area contributed by atoms with E-state index in [0.29, 0.717) is 10.4 Å². The minimum Gasteiger partial charge on any atom is -0.465 e. The van der Waals surface area contributed by atoms with Crippen LogP contribution in [0.25, 0.3) is 0 Å². The van der Waals surface area contributed by atoms with Gasteiger partial charge in [-0.3, -0.25) is 9.59 Å². The first-order valence-electron chi connectivity index (χ1n) is 9.50. The number of methoxy groups -OCH3 is 1. The summed E-state index contributed by atoms with van der Waals surface area (Å²) in [5, 5.41) is 5.85. The molecule has 0 bridgehead atoms. The average molecular weight is 418 g/mol. The van der Waals surface area contributed by atoms with Gasteiger partial charge in [-0.05, 0) is 43.5 Å². The number of carbonyl (C=O) groups is 3. The maximum Gasteiger partial charge on any atom is 0.341 e. The Morgan fingerprint density at radius 1 is 1.14 bits per heavy atom. The molecule has 154 valence electrons. The molecule has 1 fully saturated rings. The summed E-state index contributed by atoms with van der Waals surface area (Å²) < 4.78 is 18.3. The van der Waals surface area contributed by atoms with E-state index in [0.717, 1.165) is 43.1 Å². The van der Waals surface area contributed by atoms with Gasteiger partial charge in [-0.2, -0.15) is 0 Å². The Hall–Kier alpha value is -2.74. The number of ether oxygens (including phenoxy) is 1. The molecule has 0 aliphatic heterocycles. The number of thiophene rings is 1. The van der Waals surface area contributed by atoms with Crippen molar-refractivity contribution in [3.8, 4) is 0 Å². The van der Waals surface area contributed by atoms with Crippen molar-refractivity contribution in [2.75, 3.05) is 12.4 Å². The predicted octanol–water partition coefficient (Wildman–Crippen LogP) is 4.30. The number of carbonyl (C=O) groups excluding carboxylic acids is 3. The van der Waals surface area contributed by atoms with Gasteiger partial charge in [0.15, 0.2) is 0 Å². The molecule has 0 atom stereocenters. The number of hydrogen-bond donors (Lipinski definition) is 2. The van der Waals surface area contributed by atoms with Gasteiger partial charge in [0.25, 0.3) is 11.8 Å². The van der Waals surface area contributed by atoms with Crippen molar-refractivity contribution in [2.45, 2.75) is 45.1 Å². The third kappa shape index (κ3) is 4.82. The topological polar surface area (TPSA) is 84.5 Å². The standard InChI is InChI=1S/C21H23FN2O4S/c1-12-16(21(27)28-2)20(24-18(25)13-7-6-8-14(22)11-13)29-17(12)19(26)23-15-9-4-3-5-10-15/h6-8,11,15H,3-5,9-10H2,1-2H3,(H,23,26)(H,24,25). The number of hydrogen-bond acceptors (Lipinski definition) is 5. The van der Waals surface area contributed by atoms with Crippen LogP contribution in [-0.4, -0.2) is 30.9 Å². The van der Waals surface area contributed by atoms with Crippen LogP contribution in [0.3, 0.4) is 0 Å². The van der Waals surface area contributed by atoms with E-state index in [1.807, 2.05) is 0 Å². The van der Waals surface area contributed by atoms with Gasteiger partial charge >= 0.3 is 5.97 Å². The molecular weight excluding hydrogens is 395 g/mol. The Morgan fingerprint density at radius 3 is 2.52 bits per heavy atom. The highest BCUT2D eigenvalue weighted by atomic mass is 32.1. The summed E-state index contributed by atoms with van der Waals surface area (Å²) in [7, 11) is 1.24. The zero-order valence-corrected chi connectivity index (χ0v) is 17.2. The van der Waals surface area contributed by atoms with Crippen LogP contribution in [0.15, 0.2) is 24.3 Å². The molecule has 3 rings (SSSR count). The highest BCUT2D eigenvalue weighted by molar-refractivity contribution is 7.18. The molecule has 1 aliphatic rings. The molecule has 0 radical (unpaired) electrons. The summed E-state index contributed by atoms with van der Waals surface area (Å²) in [6, 6.07) is 5.34. The normalized spacial score (nSPS) is 14.3. The lowest BCUT2D eigenvalue weighted by atomic mass is 9.95. The van der Waals surface area contributed by atoms with Gasteiger partial charge in [0.1, 0.15) is 10.8 Å². The lowest BCUT2D eigenvalue weighted by Gasteiger charge is -2.22. The van der Waals surface area contributed by atoms with E-state index in [2.05, 4.69) is 10.6 Å². The molecule has 1 aliphatic carbocycles.